The third-order valence-electron chi connectivity index (χ3n) is 3.20. The highest BCUT2D eigenvalue weighted by atomic mass is 35.5. The van der Waals surface area contributed by atoms with Crippen molar-refractivity contribution in [3.8, 4) is 17.6 Å². The van der Waals surface area contributed by atoms with Crippen LogP contribution in [0.2, 0.25) is 5.02 Å². The lowest BCUT2D eigenvalue weighted by Gasteiger charge is -2.00. The van der Waals surface area contributed by atoms with E-state index in [1.807, 2.05) is 36.5 Å². The zero-order chi connectivity index (χ0) is 14.7. The molecular weight excluding hydrogens is 284 g/mol. The minimum atomic E-state index is 0.642. The predicted octanol–water partition coefficient (Wildman–Crippen LogP) is 3.82. The Morgan fingerprint density at radius 3 is 2.81 bits per heavy atom. The van der Waals surface area contributed by atoms with Crippen molar-refractivity contribution in [2.75, 3.05) is 7.11 Å². The maximum absolute atomic E-state index is 6.33. The van der Waals surface area contributed by atoms with E-state index in [0.29, 0.717) is 11.4 Å². The molecule has 1 aromatic carbocycles. The number of halogens is 1. The van der Waals surface area contributed by atoms with Gasteiger partial charge in [0.15, 0.2) is 0 Å². The highest BCUT2D eigenvalue weighted by Gasteiger charge is 2.05. The van der Waals surface area contributed by atoms with E-state index >= 15 is 0 Å². The zero-order valence-corrected chi connectivity index (χ0v) is 12.2. The number of hydrogen-bond acceptors (Lipinski definition) is 2. The number of aromatic nitrogens is 2. The summed E-state index contributed by atoms with van der Waals surface area (Å²) in [5, 5.41) is 1.54. The summed E-state index contributed by atoms with van der Waals surface area (Å²) in [7, 11) is 1.65. The van der Waals surface area contributed by atoms with Gasteiger partial charge in [0, 0.05) is 24.2 Å². The molecule has 2 aromatic heterocycles. The lowest BCUT2D eigenvalue weighted by atomic mass is 10.1. The number of hydrogen-bond donors (Lipinski definition) is 1. The standard InChI is InChI=1S/C17H13ClN2O/c1-21-14-7-5-12(6-8-14)3-2-4-13-11-20-17-15(16(13)18)9-10-19-17/h5-11H,3H2,1H3,(H,19,20). The Hall–Kier alpha value is -2.44. The van der Waals surface area contributed by atoms with Gasteiger partial charge in [-0.1, -0.05) is 35.6 Å². The number of aromatic amines is 1. The summed E-state index contributed by atoms with van der Waals surface area (Å²) >= 11 is 6.33. The Bertz CT molecular complexity index is 825. The molecule has 0 amide bonds. The molecule has 0 spiro atoms. The third kappa shape index (κ3) is 2.86. The summed E-state index contributed by atoms with van der Waals surface area (Å²) in [5.41, 5.74) is 2.66. The van der Waals surface area contributed by atoms with Crippen molar-refractivity contribution in [1.29, 1.82) is 0 Å². The van der Waals surface area contributed by atoms with Crippen LogP contribution >= 0.6 is 11.6 Å². The fourth-order valence-corrected chi connectivity index (χ4v) is 2.30. The number of benzene rings is 1. The monoisotopic (exact) mass is 296 g/mol. The molecular formula is C17H13ClN2O. The highest BCUT2D eigenvalue weighted by molar-refractivity contribution is 6.36. The smallest absolute Gasteiger partial charge is 0.138 e. The quantitative estimate of drug-likeness (QED) is 0.730. The molecule has 0 fully saturated rings. The predicted molar refractivity (Wildman–Crippen MR) is 84.7 cm³/mol. The van der Waals surface area contributed by atoms with Crippen LogP contribution in [0, 0.1) is 11.8 Å². The number of H-pyrrole nitrogens is 1. The van der Waals surface area contributed by atoms with Crippen molar-refractivity contribution in [3.63, 3.8) is 0 Å². The van der Waals surface area contributed by atoms with Crippen molar-refractivity contribution < 1.29 is 4.74 Å². The fraction of sp³-hybridized carbons (Fsp3) is 0.118. The normalized spacial score (nSPS) is 10.2. The Kier molecular flexibility index (Phi) is 3.81. The molecule has 2 heterocycles. The molecule has 0 unspecified atom stereocenters. The molecule has 3 nitrogen and oxygen atoms in total. The number of ether oxygens (including phenoxy) is 1. The second-order valence-corrected chi connectivity index (χ2v) is 4.93. The van der Waals surface area contributed by atoms with Gasteiger partial charge in [-0.05, 0) is 23.8 Å². The number of rotatable bonds is 2. The van der Waals surface area contributed by atoms with Gasteiger partial charge >= 0.3 is 0 Å². The van der Waals surface area contributed by atoms with Crippen molar-refractivity contribution >= 4 is 22.6 Å². The van der Waals surface area contributed by atoms with Crippen LogP contribution in [0.5, 0.6) is 5.75 Å². The highest BCUT2D eigenvalue weighted by Crippen LogP contribution is 2.24. The number of fused-ring (bicyclic) bond motifs is 1. The van der Waals surface area contributed by atoms with E-state index in [2.05, 4.69) is 21.8 Å². The Morgan fingerprint density at radius 2 is 2.05 bits per heavy atom. The van der Waals surface area contributed by atoms with E-state index < -0.39 is 0 Å². The molecule has 0 aliphatic rings. The van der Waals surface area contributed by atoms with Crippen LogP contribution in [0.3, 0.4) is 0 Å². The van der Waals surface area contributed by atoms with E-state index in [1.165, 1.54) is 0 Å². The SMILES string of the molecule is COc1ccc(CC#Cc2cnc3[nH]ccc3c2Cl)cc1. The largest absolute Gasteiger partial charge is 0.497 e. The van der Waals surface area contributed by atoms with Gasteiger partial charge < -0.3 is 9.72 Å². The molecule has 0 saturated heterocycles. The summed E-state index contributed by atoms with van der Waals surface area (Å²) in [5.74, 6) is 7.05. The molecule has 3 rings (SSSR count). The molecule has 0 bridgehead atoms. The number of pyridine rings is 1. The van der Waals surface area contributed by atoms with Gasteiger partial charge in [-0.25, -0.2) is 4.98 Å². The summed E-state index contributed by atoms with van der Waals surface area (Å²) in [6.07, 6.45) is 4.17. The zero-order valence-electron chi connectivity index (χ0n) is 11.5. The molecule has 104 valence electrons. The minimum absolute atomic E-state index is 0.642. The third-order valence-corrected chi connectivity index (χ3v) is 3.60. The molecule has 0 radical (unpaired) electrons. The van der Waals surface area contributed by atoms with E-state index in [0.717, 1.165) is 27.9 Å². The fourth-order valence-electron chi connectivity index (χ4n) is 2.05. The number of nitrogens with one attached hydrogen (secondary N) is 1. The van der Waals surface area contributed by atoms with Crippen LogP contribution in [0.25, 0.3) is 11.0 Å². The van der Waals surface area contributed by atoms with Crippen LogP contribution < -0.4 is 4.74 Å². The van der Waals surface area contributed by atoms with Gasteiger partial charge in [0.25, 0.3) is 0 Å². The molecule has 0 aliphatic heterocycles. The van der Waals surface area contributed by atoms with Crippen molar-refractivity contribution in [1.82, 2.24) is 9.97 Å². The van der Waals surface area contributed by atoms with Crippen LogP contribution in [-0.2, 0) is 6.42 Å². The van der Waals surface area contributed by atoms with Gasteiger partial charge in [-0.3, -0.25) is 0 Å². The average molecular weight is 297 g/mol. The molecule has 4 heteroatoms. The topological polar surface area (TPSA) is 37.9 Å². The summed E-state index contributed by atoms with van der Waals surface area (Å²) in [6.45, 7) is 0. The van der Waals surface area contributed by atoms with E-state index in [-0.39, 0.29) is 0 Å². The van der Waals surface area contributed by atoms with E-state index in [9.17, 15) is 0 Å². The van der Waals surface area contributed by atoms with Crippen molar-refractivity contribution in [2.24, 2.45) is 0 Å². The molecule has 0 atom stereocenters. The first kappa shape index (κ1) is 13.5. The van der Waals surface area contributed by atoms with Gasteiger partial charge in [0.05, 0.1) is 17.7 Å². The Balaban J connectivity index is 1.80. The molecule has 1 N–H and O–H groups in total. The van der Waals surface area contributed by atoms with Gasteiger partial charge in [-0.2, -0.15) is 0 Å². The first-order valence-electron chi connectivity index (χ1n) is 6.51. The van der Waals surface area contributed by atoms with Crippen molar-refractivity contribution in [2.45, 2.75) is 6.42 Å². The van der Waals surface area contributed by atoms with Gasteiger partial charge in [0.2, 0.25) is 0 Å². The van der Waals surface area contributed by atoms with E-state index in [1.54, 1.807) is 13.3 Å². The Labute approximate surface area is 127 Å². The Morgan fingerprint density at radius 1 is 1.24 bits per heavy atom. The number of nitrogens with zero attached hydrogens (tertiary/aromatic N) is 1. The summed E-state index contributed by atoms with van der Waals surface area (Å²) < 4.78 is 5.13. The second-order valence-electron chi connectivity index (χ2n) is 4.55. The lowest BCUT2D eigenvalue weighted by Crippen LogP contribution is -1.86. The lowest BCUT2D eigenvalue weighted by molar-refractivity contribution is 0.414. The van der Waals surface area contributed by atoms with Crippen LogP contribution in [0.15, 0.2) is 42.7 Å². The minimum Gasteiger partial charge on any atom is -0.497 e. The summed E-state index contributed by atoms with van der Waals surface area (Å²) in [6, 6.07) is 9.76. The molecule has 0 saturated carbocycles. The summed E-state index contributed by atoms with van der Waals surface area (Å²) in [4.78, 5) is 7.32. The van der Waals surface area contributed by atoms with Crippen LogP contribution in [0.1, 0.15) is 11.1 Å². The first-order valence-corrected chi connectivity index (χ1v) is 6.89. The average Bonchev–Trinajstić information content (AvgIpc) is 3.00. The van der Waals surface area contributed by atoms with E-state index in [4.69, 9.17) is 16.3 Å². The molecule has 3 aromatic rings. The maximum Gasteiger partial charge on any atom is 0.138 e. The second kappa shape index (κ2) is 5.90. The van der Waals surface area contributed by atoms with Gasteiger partial charge in [-0.15, -0.1) is 0 Å². The maximum atomic E-state index is 6.33. The van der Waals surface area contributed by atoms with Crippen molar-refractivity contribution in [3.05, 3.63) is 58.9 Å². The van der Waals surface area contributed by atoms with Crippen LogP contribution in [-0.4, -0.2) is 17.1 Å². The van der Waals surface area contributed by atoms with Crippen LogP contribution in [0.4, 0.5) is 0 Å². The molecule has 0 aliphatic carbocycles. The first-order chi connectivity index (χ1) is 10.3. The molecule has 21 heavy (non-hydrogen) atoms. The number of methoxy groups -OCH3 is 1. The van der Waals surface area contributed by atoms with Gasteiger partial charge in [0.1, 0.15) is 11.4 Å².